The molecule has 1 aromatic heterocycles. The fourth-order valence-electron chi connectivity index (χ4n) is 2.98. The molecule has 2 aromatic rings. The maximum atomic E-state index is 12.8. The molecular weight excluding hydrogens is 384 g/mol. The first-order valence-corrected chi connectivity index (χ1v) is 10.4. The van der Waals surface area contributed by atoms with Crippen LogP contribution in [0.2, 0.25) is 0 Å². The minimum absolute atomic E-state index is 0.00390. The third-order valence-corrected chi connectivity index (χ3v) is 6.34. The van der Waals surface area contributed by atoms with E-state index >= 15 is 0 Å². The van der Waals surface area contributed by atoms with Crippen molar-refractivity contribution in [2.24, 2.45) is 0 Å². The number of Topliss-reactive ketones (excluding diaryl/α,β-unsaturated/α-hetero) is 1. The summed E-state index contributed by atoms with van der Waals surface area (Å²) in [5.41, 5.74) is 1.51. The number of sulfonamides is 1. The van der Waals surface area contributed by atoms with Crippen LogP contribution < -0.4 is 4.90 Å². The molecular formula is C18H22N4O5S. The van der Waals surface area contributed by atoms with E-state index in [-0.39, 0.29) is 23.1 Å². The fraction of sp³-hybridized carbons (Fsp3) is 0.389. The maximum absolute atomic E-state index is 12.8. The molecule has 10 heteroatoms. The molecule has 0 radical (unpaired) electrons. The first-order chi connectivity index (χ1) is 13.3. The number of anilines is 1. The van der Waals surface area contributed by atoms with E-state index < -0.39 is 16.0 Å². The average Bonchev–Trinajstić information content (AvgIpc) is 3.20. The fourth-order valence-corrected chi connectivity index (χ4v) is 4.32. The number of hydrogen-bond donors (Lipinski definition) is 1. The van der Waals surface area contributed by atoms with Gasteiger partial charge in [-0.05, 0) is 38.1 Å². The standard InChI is InChI=1S/C18H22N4O5S/c1-3-27-18(24)16-12-17(20-19-16)28(25,26)22-10-8-21(9-11-22)15-6-4-14(5-7-15)13(2)23/h4-7,12H,3,8-11H2,1-2H3,(H,19,20). The van der Waals surface area contributed by atoms with E-state index in [0.29, 0.717) is 31.7 Å². The monoisotopic (exact) mass is 406 g/mol. The molecule has 2 heterocycles. The number of nitrogens with one attached hydrogen (secondary N) is 1. The molecule has 1 fully saturated rings. The number of esters is 1. The van der Waals surface area contributed by atoms with Gasteiger partial charge in [-0.25, -0.2) is 13.2 Å². The van der Waals surface area contributed by atoms with E-state index in [0.717, 1.165) is 5.69 Å². The number of ether oxygens (including phenoxy) is 1. The molecule has 1 aliphatic rings. The predicted octanol–water partition coefficient (Wildman–Crippen LogP) is 1.30. The molecule has 0 atom stereocenters. The number of piperazine rings is 1. The first-order valence-electron chi connectivity index (χ1n) is 8.91. The quantitative estimate of drug-likeness (QED) is 0.568. The molecule has 1 aromatic carbocycles. The lowest BCUT2D eigenvalue weighted by Gasteiger charge is -2.35. The molecule has 1 aliphatic heterocycles. The molecule has 0 bridgehead atoms. The molecule has 28 heavy (non-hydrogen) atoms. The Balaban J connectivity index is 1.66. The van der Waals surface area contributed by atoms with Crippen LogP contribution in [-0.2, 0) is 14.8 Å². The summed E-state index contributed by atoms with van der Waals surface area (Å²) < 4.78 is 31.8. The summed E-state index contributed by atoms with van der Waals surface area (Å²) in [7, 11) is -3.78. The van der Waals surface area contributed by atoms with Crippen molar-refractivity contribution in [3.8, 4) is 0 Å². The lowest BCUT2D eigenvalue weighted by molar-refractivity contribution is 0.0519. The molecule has 0 spiro atoms. The Morgan fingerprint density at radius 3 is 2.36 bits per heavy atom. The van der Waals surface area contributed by atoms with Gasteiger partial charge in [0, 0.05) is 43.5 Å². The summed E-state index contributed by atoms with van der Waals surface area (Å²) in [4.78, 5) is 25.1. The van der Waals surface area contributed by atoms with Crippen molar-refractivity contribution in [2.45, 2.75) is 18.9 Å². The van der Waals surface area contributed by atoms with Crippen LogP contribution in [0.25, 0.3) is 0 Å². The van der Waals surface area contributed by atoms with Gasteiger partial charge >= 0.3 is 5.97 Å². The predicted molar refractivity (Wildman–Crippen MR) is 102 cm³/mol. The van der Waals surface area contributed by atoms with Gasteiger partial charge in [0.05, 0.1) is 6.61 Å². The highest BCUT2D eigenvalue weighted by atomic mass is 32.2. The van der Waals surface area contributed by atoms with Crippen LogP contribution >= 0.6 is 0 Å². The van der Waals surface area contributed by atoms with E-state index in [1.807, 2.05) is 12.1 Å². The van der Waals surface area contributed by atoms with Crippen LogP contribution in [0.3, 0.4) is 0 Å². The van der Waals surface area contributed by atoms with Crippen LogP contribution in [0.4, 0.5) is 5.69 Å². The van der Waals surface area contributed by atoms with Crippen molar-refractivity contribution >= 4 is 27.5 Å². The normalized spacial score (nSPS) is 15.4. The van der Waals surface area contributed by atoms with Gasteiger partial charge in [0.25, 0.3) is 10.0 Å². The second kappa shape index (κ2) is 8.11. The van der Waals surface area contributed by atoms with Gasteiger partial charge in [-0.15, -0.1) is 0 Å². The summed E-state index contributed by atoms with van der Waals surface area (Å²) in [6, 6.07) is 8.45. The van der Waals surface area contributed by atoms with Crippen LogP contribution in [-0.4, -0.2) is 67.5 Å². The van der Waals surface area contributed by atoms with Gasteiger partial charge in [-0.2, -0.15) is 9.40 Å². The van der Waals surface area contributed by atoms with Gasteiger partial charge in [-0.3, -0.25) is 9.89 Å². The topological polar surface area (TPSA) is 113 Å². The van der Waals surface area contributed by atoms with Gasteiger partial charge in [0.15, 0.2) is 16.5 Å². The molecule has 9 nitrogen and oxygen atoms in total. The number of carbonyl (C=O) groups is 2. The Labute approximate surface area is 163 Å². The lowest BCUT2D eigenvalue weighted by atomic mass is 10.1. The van der Waals surface area contributed by atoms with Crippen molar-refractivity contribution in [2.75, 3.05) is 37.7 Å². The van der Waals surface area contributed by atoms with E-state index in [2.05, 4.69) is 15.1 Å². The molecule has 3 rings (SSSR count). The van der Waals surface area contributed by atoms with Gasteiger partial charge in [0.2, 0.25) is 0 Å². The lowest BCUT2D eigenvalue weighted by Crippen LogP contribution is -2.48. The van der Waals surface area contributed by atoms with Gasteiger partial charge < -0.3 is 9.64 Å². The molecule has 1 N–H and O–H groups in total. The number of hydrogen-bond acceptors (Lipinski definition) is 7. The SMILES string of the molecule is CCOC(=O)c1cc(S(=O)(=O)N2CCN(c3ccc(C(C)=O)cc3)CC2)[nH]n1. The number of H-pyrrole nitrogens is 1. The number of nitrogens with zero attached hydrogens (tertiary/aromatic N) is 3. The zero-order valence-corrected chi connectivity index (χ0v) is 16.5. The van der Waals surface area contributed by atoms with Gasteiger partial charge in [-0.1, -0.05) is 0 Å². The first kappa shape index (κ1) is 20.0. The third kappa shape index (κ3) is 4.07. The Morgan fingerprint density at radius 2 is 1.79 bits per heavy atom. The number of ketones is 1. The summed E-state index contributed by atoms with van der Waals surface area (Å²) in [5, 5.41) is 6.02. The smallest absolute Gasteiger partial charge is 0.358 e. The van der Waals surface area contributed by atoms with Crippen LogP contribution in [0.15, 0.2) is 35.4 Å². The van der Waals surface area contributed by atoms with Crippen molar-refractivity contribution < 1.29 is 22.7 Å². The van der Waals surface area contributed by atoms with Crippen molar-refractivity contribution in [3.05, 3.63) is 41.6 Å². The highest BCUT2D eigenvalue weighted by Gasteiger charge is 2.31. The number of rotatable bonds is 6. The summed E-state index contributed by atoms with van der Waals surface area (Å²) in [6.07, 6.45) is 0. The molecule has 0 unspecified atom stereocenters. The minimum atomic E-state index is -3.78. The maximum Gasteiger partial charge on any atom is 0.358 e. The summed E-state index contributed by atoms with van der Waals surface area (Å²) in [5.74, 6) is -0.664. The number of carbonyl (C=O) groups excluding carboxylic acids is 2. The number of aromatic nitrogens is 2. The van der Waals surface area contributed by atoms with E-state index in [4.69, 9.17) is 4.74 Å². The second-order valence-corrected chi connectivity index (χ2v) is 8.24. The Kier molecular flexibility index (Phi) is 5.80. The van der Waals surface area contributed by atoms with E-state index in [9.17, 15) is 18.0 Å². The molecule has 1 saturated heterocycles. The Hall–Kier alpha value is -2.72. The van der Waals surface area contributed by atoms with Gasteiger partial charge in [0.1, 0.15) is 0 Å². The average molecular weight is 406 g/mol. The zero-order valence-electron chi connectivity index (χ0n) is 15.7. The highest BCUT2D eigenvalue weighted by Crippen LogP contribution is 2.21. The van der Waals surface area contributed by atoms with E-state index in [1.165, 1.54) is 17.3 Å². The van der Waals surface area contributed by atoms with Crippen LogP contribution in [0, 0.1) is 0 Å². The molecule has 0 saturated carbocycles. The summed E-state index contributed by atoms with van der Waals surface area (Å²) >= 11 is 0. The zero-order chi connectivity index (χ0) is 20.3. The van der Waals surface area contributed by atoms with Crippen LogP contribution in [0.5, 0.6) is 0 Å². The van der Waals surface area contributed by atoms with Crippen molar-refractivity contribution in [1.29, 1.82) is 0 Å². The summed E-state index contributed by atoms with van der Waals surface area (Å²) in [6.45, 7) is 4.98. The van der Waals surface area contributed by atoms with Crippen LogP contribution in [0.1, 0.15) is 34.7 Å². The molecule has 0 amide bonds. The highest BCUT2D eigenvalue weighted by molar-refractivity contribution is 7.89. The molecule has 150 valence electrons. The largest absolute Gasteiger partial charge is 0.461 e. The van der Waals surface area contributed by atoms with E-state index in [1.54, 1.807) is 19.1 Å². The molecule has 0 aliphatic carbocycles. The number of aromatic amines is 1. The number of benzene rings is 1. The Bertz CT molecular complexity index is 960. The van der Waals surface area contributed by atoms with Crippen molar-refractivity contribution in [1.82, 2.24) is 14.5 Å². The Morgan fingerprint density at radius 1 is 1.14 bits per heavy atom. The second-order valence-electron chi connectivity index (χ2n) is 6.33. The third-order valence-electron chi connectivity index (χ3n) is 4.53. The van der Waals surface area contributed by atoms with Crippen molar-refractivity contribution in [3.63, 3.8) is 0 Å². The minimum Gasteiger partial charge on any atom is -0.461 e.